The van der Waals surface area contributed by atoms with Crippen LogP contribution in [0.5, 0.6) is 11.5 Å². The summed E-state index contributed by atoms with van der Waals surface area (Å²) in [6.07, 6.45) is -10.0. The molecule has 4 nitrogen and oxygen atoms in total. The Kier molecular flexibility index (Phi) is 10.2. The van der Waals surface area contributed by atoms with E-state index >= 15 is 8.78 Å². The topological polar surface area (TPSA) is 52.6 Å². The van der Waals surface area contributed by atoms with Crippen LogP contribution in [0, 0.1) is 11.6 Å². The molecule has 0 aromatic heterocycles. The summed E-state index contributed by atoms with van der Waals surface area (Å²) >= 11 is 0. The third-order valence-corrected chi connectivity index (χ3v) is 14.1. The molecule has 210 valence electrons. The van der Waals surface area contributed by atoms with Gasteiger partial charge in [0.2, 0.25) is 0 Å². The van der Waals surface area contributed by atoms with Gasteiger partial charge in [0.25, 0.3) is 0 Å². The lowest BCUT2D eigenvalue weighted by atomic mass is 10.3. The van der Waals surface area contributed by atoms with Gasteiger partial charge in [-0.05, 0) is 0 Å². The first kappa shape index (κ1) is 32.7. The minimum atomic E-state index is -5.02. The predicted octanol–water partition coefficient (Wildman–Crippen LogP) is 7.46. The summed E-state index contributed by atoms with van der Waals surface area (Å²) in [7, 11) is -8.34. The Bertz CT molecular complexity index is 925. The van der Waals surface area contributed by atoms with Gasteiger partial charge in [0.1, 0.15) is 14.3 Å². The molecule has 0 bridgehead atoms. The molecule has 0 aliphatic heterocycles. The van der Waals surface area contributed by atoms with Crippen molar-refractivity contribution in [3.8, 4) is 11.5 Å². The van der Waals surface area contributed by atoms with E-state index in [0.717, 1.165) is 0 Å². The van der Waals surface area contributed by atoms with E-state index in [1.165, 1.54) is 55.4 Å². The van der Waals surface area contributed by atoms with Crippen molar-refractivity contribution < 1.29 is 53.7 Å². The fraction of sp³-hybridized carbons (Fsp3) is 0.727. The quantitative estimate of drug-likeness (QED) is 0.215. The highest BCUT2D eigenvalue weighted by molar-refractivity contribution is 7.74. The van der Waals surface area contributed by atoms with Crippen molar-refractivity contribution in [2.24, 2.45) is 0 Å². The second-order valence-corrected chi connectivity index (χ2v) is 17.4. The van der Waals surface area contributed by atoms with Gasteiger partial charge < -0.3 is 18.6 Å². The smallest absolute Gasteiger partial charge is 0.422 e. The van der Waals surface area contributed by atoms with Crippen LogP contribution in [0.3, 0.4) is 0 Å². The van der Waals surface area contributed by atoms with Crippen LogP contribution in [0.4, 0.5) is 35.1 Å². The first-order chi connectivity index (χ1) is 16.0. The molecule has 14 heteroatoms. The molecule has 0 aliphatic carbocycles. The van der Waals surface area contributed by atoms with Crippen molar-refractivity contribution in [2.75, 3.05) is 13.2 Å². The number of hydrogen-bond acceptors (Lipinski definition) is 4. The van der Waals surface area contributed by atoms with Crippen LogP contribution >= 0.6 is 14.3 Å². The maximum atomic E-state index is 16.1. The Labute approximate surface area is 205 Å². The fourth-order valence-electron chi connectivity index (χ4n) is 4.04. The normalized spacial score (nSPS) is 13.9. The van der Waals surface area contributed by atoms with Gasteiger partial charge in [0, 0.05) is 22.6 Å². The molecule has 0 aliphatic rings. The van der Waals surface area contributed by atoms with E-state index in [9.17, 15) is 35.5 Å². The van der Waals surface area contributed by atoms with Gasteiger partial charge in [-0.2, -0.15) is 26.3 Å². The maximum absolute atomic E-state index is 16.1. The molecule has 0 spiro atoms. The van der Waals surface area contributed by atoms with Gasteiger partial charge in [0.15, 0.2) is 36.3 Å². The minimum absolute atomic E-state index is 0.969. The van der Waals surface area contributed by atoms with E-state index in [1.54, 1.807) is 0 Å². The number of halogens is 8. The van der Waals surface area contributed by atoms with Crippen molar-refractivity contribution in [1.29, 1.82) is 0 Å². The lowest BCUT2D eigenvalue weighted by molar-refractivity contribution is -0.155. The second-order valence-electron chi connectivity index (χ2n) is 9.58. The third kappa shape index (κ3) is 6.58. The van der Waals surface area contributed by atoms with Crippen LogP contribution in [0.15, 0.2) is 0 Å². The molecule has 1 aromatic carbocycles. The summed E-state index contributed by atoms with van der Waals surface area (Å²) in [5.74, 6) is -6.32. The Balaban J connectivity index is 4.39. The maximum Gasteiger partial charge on any atom is 0.422 e. The highest BCUT2D eigenvalue weighted by atomic mass is 31.2. The standard InChI is InChI=1S/C22H32F8O4P2/c1-11(2)35(31,12(3)4)19-15(23)18(34-10-22(28,29)30)20(36(32,13(5)6)14(7)8)16(24)17(19)33-9-21(25,26)27/h11-14H,9-10H2,1-8H3. The molecule has 0 amide bonds. The second kappa shape index (κ2) is 11.2. The highest BCUT2D eigenvalue weighted by Crippen LogP contribution is 2.61. The van der Waals surface area contributed by atoms with E-state index < -0.39 is 96.2 Å². The van der Waals surface area contributed by atoms with Crippen LogP contribution in [0.2, 0.25) is 0 Å². The summed E-state index contributed by atoms with van der Waals surface area (Å²) in [4.78, 5) is 0. The molecule has 0 heterocycles. The van der Waals surface area contributed by atoms with E-state index in [4.69, 9.17) is 0 Å². The Morgan fingerprint density at radius 3 is 0.972 bits per heavy atom. The van der Waals surface area contributed by atoms with Gasteiger partial charge in [-0.15, -0.1) is 0 Å². The molecular formula is C22H32F8O4P2. The number of ether oxygens (including phenoxy) is 2. The Hall–Kier alpha value is -1.28. The summed E-state index contributed by atoms with van der Waals surface area (Å²) in [6, 6.07) is 0. The van der Waals surface area contributed by atoms with Crippen LogP contribution in [0.1, 0.15) is 55.4 Å². The highest BCUT2D eigenvalue weighted by Gasteiger charge is 2.48. The summed E-state index contributed by atoms with van der Waals surface area (Å²) in [6.45, 7) is 6.58. The van der Waals surface area contributed by atoms with Crippen molar-refractivity contribution in [1.82, 2.24) is 0 Å². The van der Waals surface area contributed by atoms with Crippen molar-refractivity contribution in [2.45, 2.75) is 90.4 Å². The molecule has 0 saturated heterocycles. The van der Waals surface area contributed by atoms with Crippen LogP contribution in [-0.4, -0.2) is 48.2 Å². The van der Waals surface area contributed by atoms with Gasteiger partial charge in [-0.1, -0.05) is 55.4 Å². The monoisotopic (exact) mass is 574 g/mol. The summed E-state index contributed by atoms with van der Waals surface area (Å²) in [5, 5.41) is -2.26. The zero-order valence-corrected chi connectivity index (χ0v) is 23.1. The van der Waals surface area contributed by atoms with Crippen molar-refractivity contribution in [3.05, 3.63) is 11.6 Å². The SMILES string of the molecule is CC(C)P(=O)(c1c(F)c(OCC(F)(F)F)c(P(=O)(C(C)C)C(C)C)c(F)c1OCC(F)(F)F)C(C)C. The van der Waals surface area contributed by atoms with Crippen molar-refractivity contribution in [3.63, 3.8) is 0 Å². The third-order valence-electron chi connectivity index (χ3n) is 5.77. The molecular weight excluding hydrogens is 542 g/mol. The first-order valence-electron chi connectivity index (χ1n) is 11.2. The molecule has 0 fully saturated rings. The lowest BCUT2D eigenvalue weighted by Crippen LogP contribution is -2.35. The Morgan fingerprint density at radius 2 is 0.806 bits per heavy atom. The number of rotatable bonds is 10. The first-order valence-corrected chi connectivity index (χ1v) is 14.9. The number of hydrogen-bond donors (Lipinski definition) is 0. The lowest BCUT2D eigenvalue weighted by Gasteiger charge is -2.33. The minimum Gasteiger partial charge on any atom is -0.480 e. The van der Waals surface area contributed by atoms with E-state index in [-0.39, 0.29) is 0 Å². The van der Waals surface area contributed by atoms with Gasteiger partial charge in [0.05, 0.1) is 10.6 Å². The number of benzene rings is 1. The van der Waals surface area contributed by atoms with E-state index in [1.807, 2.05) is 0 Å². The molecule has 0 N–H and O–H groups in total. The molecule has 0 radical (unpaired) electrons. The molecule has 1 aromatic rings. The molecule has 1 rings (SSSR count). The summed E-state index contributed by atoms with van der Waals surface area (Å²) in [5.41, 5.74) is -3.88. The van der Waals surface area contributed by atoms with Crippen LogP contribution < -0.4 is 20.1 Å². The molecule has 36 heavy (non-hydrogen) atoms. The molecule has 0 atom stereocenters. The van der Waals surface area contributed by atoms with E-state index in [0.29, 0.717) is 0 Å². The molecule has 0 unspecified atom stereocenters. The number of alkyl halides is 6. The zero-order chi connectivity index (χ0) is 28.6. The Morgan fingerprint density at radius 1 is 0.583 bits per heavy atom. The zero-order valence-electron chi connectivity index (χ0n) is 21.3. The average molecular weight is 574 g/mol. The van der Waals surface area contributed by atoms with Crippen LogP contribution in [0.25, 0.3) is 0 Å². The average Bonchev–Trinajstić information content (AvgIpc) is 2.69. The fourth-order valence-corrected chi connectivity index (χ4v) is 10.3. The van der Waals surface area contributed by atoms with Gasteiger partial charge >= 0.3 is 12.4 Å². The summed E-state index contributed by atoms with van der Waals surface area (Å²) < 4.78 is 148. The molecule has 0 saturated carbocycles. The largest absolute Gasteiger partial charge is 0.480 e. The van der Waals surface area contributed by atoms with Crippen molar-refractivity contribution >= 4 is 24.9 Å². The van der Waals surface area contributed by atoms with E-state index in [2.05, 4.69) is 9.47 Å². The van der Waals surface area contributed by atoms with Gasteiger partial charge in [-0.3, -0.25) is 0 Å². The predicted molar refractivity (Wildman–Crippen MR) is 124 cm³/mol. The van der Waals surface area contributed by atoms with Gasteiger partial charge in [-0.25, -0.2) is 8.78 Å². The van der Waals surface area contributed by atoms with Crippen LogP contribution in [-0.2, 0) is 9.13 Å².